The van der Waals surface area contributed by atoms with Gasteiger partial charge in [0.15, 0.2) is 0 Å². The Balaban J connectivity index is 2.20. The fourth-order valence-electron chi connectivity index (χ4n) is 1.49. The number of aromatic amines is 1. The largest absolute Gasteiger partial charge is 0.331 e. The van der Waals surface area contributed by atoms with Crippen LogP contribution < -0.4 is 5.32 Å². The summed E-state index contributed by atoms with van der Waals surface area (Å²) in [4.78, 5) is 18.6. The molecule has 6 nitrogen and oxygen atoms in total. The Morgan fingerprint density at radius 3 is 3.06 bits per heavy atom. The van der Waals surface area contributed by atoms with Crippen molar-refractivity contribution in [1.29, 1.82) is 0 Å². The number of carbonyl (C=O) groups is 1. The molecule has 0 fully saturated rings. The lowest BCUT2D eigenvalue weighted by Gasteiger charge is -2.00. The number of amides is 1. The molecule has 84 valence electrons. The van der Waals surface area contributed by atoms with Gasteiger partial charge in [0.25, 0.3) is 5.91 Å². The minimum Gasteiger partial charge on any atom is -0.331 e. The number of nitrogens with zero attached hydrogens (tertiary/aromatic N) is 3. The maximum absolute atomic E-state index is 11.9. The van der Waals surface area contributed by atoms with Crippen LogP contribution in [0.1, 0.15) is 23.0 Å². The van der Waals surface area contributed by atoms with Gasteiger partial charge in [-0.05, 0) is 6.42 Å². The van der Waals surface area contributed by atoms with Crippen molar-refractivity contribution in [1.82, 2.24) is 19.7 Å². The molecule has 0 atom stereocenters. The number of hydrogen-bond acceptors (Lipinski definition) is 3. The van der Waals surface area contributed by atoms with Crippen LogP contribution in [0.2, 0.25) is 0 Å². The highest BCUT2D eigenvalue weighted by molar-refractivity contribution is 6.04. The third-order valence-electron chi connectivity index (χ3n) is 2.21. The van der Waals surface area contributed by atoms with Crippen molar-refractivity contribution in [2.24, 2.45) is 7.05 Å². The highest BCUT2D eigenvalue weighted by Crippen LogP contribution is 2.09. The molecule has 2 heterocycles. The van der Waals surface area contributed by atoms with Crippen LogP contribution in [0.15, 0.2) is 18.6 Å². The number of nitrogens with one attached hydrogen (secondary N) is 2. The van der Waals surface area contributed by atoms with E-state index >= 15 is 0 Å². The molecule has 2 aromatic heterocycles. The monoisotopic (exact) mass is 219 g/mol. The predicted molar refractivity (Wildman–Crippen MR) is 59.1 cm³/mol. The Morgan fingerprint density at radius 2 is 2.44 bits per heavy atom. The molecule has 0 spiro atoms. The topological polar surface area (TPSA) is 75.6 Å². The van der Waals surface area contributed by atoms with Gasteiger partial charge in [-0.2, -0.15) is 5.10 Å². The Kier molecular flexibility index (Phi) is 2.72. The molecule has 0 aromatic carbocycles. The predicted octanol–water partition coefficient (Wildman–Crippen LogP) is 0.958. The fourth-order valence-corrected chi connectivity index (χ4v) is 1.49. The maximum Gasteiger partial charge on any atom is 0.261 e. The SMILES string of the molecule is CCc1nn(C)cc1C(=O)Nc1ncc[nH]1. The van der Waals surface area contributed by atoms with Crippen molar-refractivity contribution in [3.8, 4) is 0 Å². The molecule has 0 aliphatic carbocycles. The first-order valence-electron chi connectivity index (χ1n) is 5.04. The van der Waals surface area contributed by atoms with E-state index in [2.05, 4.69) is 20.4 Å². The van der Waals surface area contributed by atoms with Crippen LogP contribution in [-0.4, -0.2) is 25.7 Å². The van der Waals surface area contributed by atoms with Gasteiger partial charge >= 0.3 is 0 Å². The van der Waals surface area contributed by atoms with Gasteiger partial charge in [0.05, 0.1) is 11.3 Å². The van der Waals surface area contributed by atoms with Crippen LogP contribution in [0.4, 0.5) is 5.95 Å². The van der Waals surface area contributed by atoms with E-state index < -0.39 is 0 Å². The van der Waals surface area contributed by atoms with E-state index in [0.717, 1.165) is 12.1 Å². The summed E-state index contributed by atoms with van der Waals surface area (Å²) in [5.74, 6) is 0.246. The standard InChI is InChI=1S/C10H13N5O/c1-3-8-7(6-15(2)14-8)9(16)13-10-11-4-5-12-10/h4-6H,3H2,1-2H3,(H2,11,12,13,16). The number of anilines is 1. The zero-order chi connectivity index (χ0) is 11.5. The highest BCUT2D eigenvalue weighted by atomic mass is 16.1. The molecule has 2 rings (SSSR count). The first-order valence-corrected chi connectivity index (χ1v) is 5.04. The number of carbonyl (C=O) groups excluding carboxylic acids is 1. The summed E-state index contributed by atoms with van der Waals surface area (Å²) >= 11 is 0. The van der Waals surface area contributed by atoms with E-state index in [1.807, 2.05) is 6.92 Å². The molecule has 0 saturated carbocycles. The van der Waals surface area contributed by atoms with E-state index in [4.69, 9.17) is 0 Å². The number of aryl methyl sites for hydroxylation is 2. The van der Waals surface area contributed by atoms with Gasteiger partial charge in [-0.15, -0.1) is 0 Å². The third kappa shape index (κ3) is 1.95. The van der Waals surface area contributed by atoms with Crippen molar-refractivity contribution in [3.05, 3.63) is 29.8 Å². The van der Waals surface area contributed by atoms with Crippen molar-refractivity contribution in [3.63, 3.8) is 0 Å². The molecule has 0 aliphatic rings. The van der Waals surface area contributed by atoms with Gasteiger partial charge in [-0.1, -0.05) is 6.92 Å². The van der Waals surface area contributed by atoms with Crippen molar-refractivity contribution in [2.75, 3.05) is 5.32 Å². The Hall–Kier alpha value is -2.11. The minimum atomic E-state index is -0.195. The summed E-state index contributed by atoms with van der Waals surface area (Å²) in [6.45, 7) is 1.96. The summed E-state index contributed by atoms with van der Waals surface area (Å²) in [5.41, 5.74) is 1.37. The van der Waals surface area contributed by atoms with E-state index in [1.165, 1.54) is 0 Å². The summed E-state index contributed by atoms with van der Waals surface area (Å²) < 4.78 is 1.63. The molecule has 0 aliphatic heterocycles. The van der Waals surface area contributed by atoms with Gasteiger partial charge in [0.2, 0.25) is 5.95 Å². The second-order valence-electron chi connectivity index (χ2n) is 3.41. The maximum atomic E-state index is 11.9. The van der Waals surface area contributed by atoms with E-state index in [9.17, 15) is 4.79 Å². The number of aromatic nitrogens is 4. The molecule has 0 radical (unpaired) electrons. The number of hydrogen-bond donors (Lipinski definition) is 2. The molecular weight excluding hydrogens is 206 g/mol. The summed E-state index contributed by atoms with van der Waals surface area (Å²) in [7, 11) is 1.79. The average Bonchev–Trinajstić information content (AvgIpc) is 2.86. The first kappa shape index (κ1) is 10.4. The summed E-state index contributed by atoms with van der Waals surface area (Å²) in [5, 5.41) is 6.87. The first-order chi connectivity index (χ1) is 7.70. The van der Waals surface area contributed by atoms with Gasteiger partial charge < -0.3 is 4.98 Å². The fraction of sp³-hybridized carbons (Fsp3) is 0.300. The molecule has 2 aromatic rings. The summed E-state index contributed by atoms with van der Waals surface area (Å²) in [6.07, 6.45) is 5.66. The molecule has 16 heavy (non-hydrogen) atoms. The second kappa shape index (κ2) is 4.18. The molecule has 0 saturated heterocycles. The second-order valence-corrected chi connectivity index (χ2v) is 3.41. The average molecular weight is 219 g/mol. The lowest BCUT2D eigenvalue weighted by Crippen LogP contribution is -2.14. The van der Waals surface area contributed by atoms with Crippen LogP contribution in [0.5, 0.6) is 0 Å². The molecule has 1 amide bonds. The minimum absolute atomic E-state index is 0.195. The van der Waals surface area contributed by atoms with Gasteiger partial charge in [-0.25, -0.2) is 4.98 Å². The smallest absolute Gasteiger partial charge is 0.261 e. The van der Waals surface area contributed by atoms with Crippen molar-refractivity contribution >= 4 is 11.9 Å². The Bertz CT molecular complexity index is 485. The van der Waals surface area contributed by atoms with Crippen LogP contribution >= 0.6 is 0 Å². The molecule has 2 N–H and O–H groups in total. The molecular formula is C10H13N5O. The zero-order valence-corrected chi connectivity index (χ0v) is 9.19. The van der Waals surface area contributed by atoms with E-state index in [1.54, 1.807) is 30.3 Å². The summed E-state index contributed by atoms with van der Waals surface area (Å²) in [6, 6.07) is 0. The van der Waals surface area contributed by atoms with Gasteiger partial charge in [0, 0.05) is 25.6 Å². The molecule has 0 bridgehead atoms. The van der Waals surface area contributed by atoms with Crippen molar-refractivity contribution < 1.29 is 4.79 Å². The van der Waals surface area contributed by atoms with Crippen LogP contribution in [0.25, 0.3) is 0 Å². The van der Waals surface area contributed by atoms with E-state index in [0.29, 0.717) is 11.5 Å². The quantitative estimate of drug-likeness (QED) is 0.807. The van der Waals surface area contributed by atoms with Crippen LogP contribution in [0.3, 0.4) is 0 Å². The zero-order valence-electron chi connectivity index (χ0n) is 9.19. The molecule has 6 heteroatoms. The van der Waals surface area contributed by atoms with E-state index in [-0.39, 0.29) is 5.91 Å². The van der Waals surface area contributed by atoms with Crippen molar-refractivity contribution in [2.45, 2.75) is 13.3 Å². The van der Waals surface area contributed by atoms with Gasteiger partial charge in [-0.3, -0.25) is 14.8 Å². The number of rotatable bonds is 3. The highest BCUT2D eigenvalue weighted by Gasteiger charge is 2.14. The number of imidazole rings is 1. The lowest BCUT2D eigenvalue weighted by atomic mass is 10.2. The Morgan fingerprint density at radius 1 is 1.62 bits per heavy atom. The lowest BCUT2D eigenvalue weighted by molar-refractivity contribution is 0.102. The van der Waals surface area contributed by atoms with Crippen LogP contribution in [0, 0.1) is 0 Å². The van der Waals surface area contributed by atoms with Crippen LogP contribution in [-0.2, 0) is 13.5 Å². The van der Waals surface area contributed by atoms with Gasteiger partial charge in [0.1, 0.15) is 0 Å². The molecule has 0 unspecified atom stereocenters. The Labute approximate surface area is 92.7 Å². The third-order valence-corrected chi connectivity index (χ3v) is 2.21. The normalized spacial score (nSPS) is 10.4. The number of H-pyrrole nitrogens is 1.